The Balaban J connectivity index is 0.00000900. The van der Waals surface area contributed by atoms with Gasteiger partial charge in [-0.05, 0) is 6.08 Å². The highest BCUT2D eigenvalue weighted by Crippen LogP contribution is 2.57. The van der Waals surface area contributed by atoms with Gasteiger partial charge in [-0.3, -0.25) is 18.6 Å². The van der Waals surface area contributed by atoms with E-state index in [-0.39, 0.29) is 26.7 Å². The summed E-state index contributed by atoms with van der Waals surface area (Å²) in [5.41, 5.74) is -0.768. The normalized spacial score (nSPS) is 23.2. The maximum Gasteiger partial charge on any atom is 0.478 e. The second-order valence-electron chi connectivity index (χ2n) is 7.10. The molecule has 1 aliphatic rings. The molecule has 1 amide bonds. The molecular weight excluding hydrogens is 421 g/mol. The van der Waals surface area contributed by atoms with Gasteiger partial charge < -0.3 is 25.1 Å². The van der Waals surface area contributed by atoms with Gasteiger partial charge in [0.05, 0.1) is 20.1 Å². The van der Waals surface area contributed by atoms with Crippen molar-refractivity contribution in [1.82, 2.24) is 10.2 Å². The number of nitrogens with zero attached hydrogens (tertiary/aromatic N) is 1. The Morgan fingerprint density at radius 3 is 2.60 bits per heavy atom. The lowest BCUT2D eigenvalue weighted by Gasteiger charge is -2.39. The molecule has 0 radical (unpaired) electrons. The fourth-order valence-electron chi connectivity index (χ4n) is 2.27. The molecule has 0 aromatic carbocycles. The number of amides is 1. The first-order valence-electron chi connectivity index (χ1n) is 8.93. The Morgan fingerprint density at radius 2 is 2.03 bits per heavy atom. The molecule has 2 N–H and O–H groups in total. The molecule has 0 aromatic heterocycles. The minimum Gasteiger partial charge on any atom is -0.469 e. The molecule has 1 fully saturated rings. The monoisotopic (exact) mass is 451 g/mol. The van der Waals surface area contributed by atoms with Crippen molar-refractivity contribution in [3.05, 3.63) is 11.8 Å². The van der Waals surface area contributed by atoms with Crippen molar-refractivity contribution in [2.45, 2.75) is 26.4 Å². The number of hydrogen-bond donors (Lipinski definition) is 2. The average molecular weight is 451 g/mol. The summed E-state index contributed by atoms with van der Waals surface area (Å²) in [6, 6.07) is 0. The predicted molar refractivity (Wildman–Crippen MR) is 107 cm³/mol. The molecule has 0 unspecified atom stereocenters. The average Bonchev–Trinajstić information content (AvgIpc) is 2.67. The van der Waals surface area contributed by atoms with Crippen LogP contribution in [0.3, 0.4) is 0 Å². The van der Waals surface area contributed by atoms with Crippen LogP contribution in [0.5, 0.6) is 0 Å². The van der Waals surface area contributed by atoms with Gasteiger partial charge in [-0.15, -0.1) is 0 Å². The van der Waals surface area contributed by atoms with Crippen LogP contribution in [-0.2, 0) is 42.0 Å². The Hall–Kier alpha value is -2.27. The molecule has 2 atom stereocenters. The van der Waals surface area contributed by atoms with Crippen LogP contribution in [0, 0.1) is 10.8 Å². The van der Waals surface area contributed by atoms with Crippen LogP contribution in [0.15, 0.2) is 11.8 Å². The van der Waals surface area contributed by atoms with E-state index in [1.807, 2.05) is 0 Å². The summed E-state index contributed by atoms with van der Waals surface area (Å²) in [4.78, 5) is 37.0. The van der Waals surface area contributed by atoms with Crippen molar-refractivity contribution in [2.75, 3.05) is 41.1 Å². The lowest BCUT2D eigenvalue weighted by Crippen LogP contribution is -2.50. The Kier molecular flexibility index (Phi) is 9.63. The van der Waals surface area contributed by atoms with Crippen LogP contribution in [0.25, 0.3) is 0 Å². The summed E-state index contributed by atoms with van der Waals surface area (Å²) in [7, 11) is 0.204. The van der Waals surface area contributed by atoms with E-state index < -0.39 is 44.0 Å². The molecule has 0 aliphatic carbocycles. The van der Waals surface area contributed by atoms with Crippen molar-refractivity contribution < 1.29 is 43.4 Å². The van der Waals surface area contributed by atoms with Gasteiger partial charge in [0.15, 0.2) is 6.10 Å². The molecule has 0 aromatic rings. The van der Waals surface area contributed by atoms with E-state index in [1.165, 1.54) is 18.1 Å². The number of esters is 2. The molecule has 0 bridgehead atoms. The van der Waals surface area contributed by atoms with Crippen molar-refractivity contribution in [1.29, 1.82) is 5.41 Å². The topological polar surface area (TPSA) is 154 Å². The van der Waals surface area contributed by atoms with Crippen molar-refractivity contribution in [3.63, 3.8) is 0 Å². The molecule has 0 spiro atoms. The summed E-state index contributed by atoms with van der Waals surface area (Å²) >= 11 is 0. The van der Waals surface area contributed by atoms with E-state index in [4.69, 9.17) is 23.7 Å². The van der Waals surface area contributed by atoms with Gasteiger partial charge in [0, 0.05) is 33.7 Å². The number of nitrogens with one attached hydrogen (secondary N) is 2. The highest BCUT2D eigenvalue weighted by Gasteiger charge is 2.49. The summed E-state index contributed by atoms with van der Waals surface area (Å²) < 4.78 is 37.5. The number of methoxy groups -OCH3 is 1. The SMILES string of the molecule is COC(=O)CCNC(=O)[C@@H]1O[P@@](=O)(OCOC(=O)/C(=C/C=N)N(C)C)OCC1(C)C.[HH]. The quantitative estimate of drug-likeness (QED) is 0.162. The predicted octanol–water partition coefficient (Wildman–Crippen LogP) is 1.07. The number of rotatable bonds is 10. The number of phosphoric acid groups is 1. The second kappa shape index (κ2) is 11.2. The number of likely N-dealkylation sites (N-methyl/N-ethyl adjacent to an activating group) is 1. The van der Waals surface area contributed by atoms with E-state index in [1.54, 1.807) is 27.9 Å². The van der Waals surface area contributed by atoms with Gasteiger partial charge in [0.1, 0.15) is 5.70 Å². The number of ether oxygens (including phenoxy) is 2. The first-order valence-corrected chi connectivity index (χ1v) is 10.4. The highest BCUT2D eigenvalue weighted by molar-refractivity contribution is 7.48. The number of carbonyl (C=O) groups is 3. The zero-order valence-electron chi connectivity index (χ0n) is 17.6. The lowest BCUT2D eigenvalue weighted by atomic mass is 9.87. The minimum absolute atomic E-state index is 0. The number of allylic oxidation sites excluding steroid dienone is 1. The van der Waals surface area contributed by atoms with Crippen molar-refractivity contribution in [2.24, 2.45) is 5.41 Å². The van der Waals surface area contributed by atoms with E-state index >= 15 is 0 Å². The number of hydrogen-bond acceptors (Lipinski definition) is 11. The lowest BCUT2D eigenvalue weighted by molar-refractivity contribution is -0.153. The van der Waals surface area contributed by atoms with Gasteiger partial charge in [-0.1, -0.05) is 13.8 Å². The fourth-order valence-corrected chi connectivity index (χ4v) is 3.78. The van der Waals surface area contributed by atoms with Gasteiger partial charge in [-0.2, -0.15) is 0 Å². The fraction of sp³-hybridized carbons (Fsp3) is 0.647. The number of phosphoric ester groups is 1. The summed E-state index contributed by atoms with van der Waals surface area (Å²) in [6.07, 6.45) is 0.904. The van der Waals surface area contributed by atoms with Crippen molar-refractivity contribution in [3.8, 4) is 0 Å². The summed E-state index contributed by atoms with van der Waals surface area (Å²) in [5.74, 6) is -1.91. The molecule has 0 saturated carbocycles. The summed E-state index contributed by atoms with van der Waals surface area (Å²) in [5, 5.41) is 9.57. The smallest absolute Gasteiger partial charge is 0.469 e. The molecular formula is C17H30N3O9P. The van der Waals surface area contributed by atoms with Crippen LogP contribution in [0.4, 0.5) is 0 Å². The third-order valence-corrected chi connectivity index (χ3v) is 5.30. The maximum absolute atomic E-state index is 12.7. The molecule has 1 aliphatic heterocycles. The van der Waals surface area contributed by atoms with Crippen LogP contribution < -0.4 is 5.32 Å². The van der Waals surface area contributed by atoms with E-state index in [0.717, 1.165) is 6.21 Å². The maximum atomic E-state index is 12.7. The molecule has 13 heteroatoms. The Labute approximate surface area is 176 Å². The standard InChI is InChI=1S/C17H28N3O9P.H2/c1-17(2)10-27-30(24,28-11-26-16(23)12(6-8-18)20(3)4)29-14(17)15(22)19-9-7-13(21)25-5;/h6,8,14,18H,7,9-11H2,1-5H3,(H,19,22);1H/b12-6-,18-8?;/t14-,30+;/m0./s1. The number of carbonyl (C=O) groups excluding carboxylic acids is 3. The Bertz CT molecular complexity index is 742. The van der Waals surface area contributed by atoms with Gasteiger partial charge in [0.25, 0.3) is 0 Å². The first-order chi connectivity index (χ1) is 14.0. The third kappa shape index (κ3) is 7.52. The molecule has 12 nitrogen and oxygen atoms in total. The zero-order chi connectivity index (χ0) is 22.9. The Morgan fingerprint density at radius 1 is 1.37 bits per heavy atom. The van der Waals surface area contributed by atoms with Crippen LogP contribution in [-0.4, -0.2) is 76.2 Å². The minimum atomic E-state index is -4.19. The second-order valence-corrected chi connectivity index (χ2v) is 8.73. The van der Waals surface area contributed by atoms with Gasteiger partial charge >= 0.3 is 19.8 Å². The zero-order valence-corrected chi connectivity index (χ0v) is 18.5. The highest BCUT2D eigenvalue weighted by atomic mass is 31.2. The third-order valence-electron chi connectivity index (χ3n) is 3.97. The van der Waals surface area contributed by atoms with Crippen molar-refractivity contribution >= 4 is 31.9 Å². The largest absolute Gasteiger partial charge is 0.478 e. The molecule has 1 saturated heterocycles. The molecule has 30 heavy (non-hydrogen) atoms. The van der Waals surface area contributed by atoms with Crippen LogP contribution in [0.2, 0.25) is 0 Å². The molecule has 172 valence electrons. The van der Waals surface area contributed by atoms with Crippen LogP contribution in [0.1, 0.15) is 21.7 Å². The van der Waals surface area contributed by atoms with E-state index in [2.05, 4.69) is 10.1 Å². The van der Waals surface area contributed by atoms with Gasteiger partial charge in [0.2, 0.25) is 12.7 Å². The van der Waals surface area contributed by atoms with E-state index in [9.17, 15) is 18.9 Å². The molecule has 1 rings (SSSR count). The van der Waals surface area contributed by atoms with E-state index in [0.29, 0.717) is 0 Å². The van der Waals surface area contributed by atoms with Gasteiger partial charge in [-0.25, -0.2) is 13.9 Å². The first kappa shape index (κ1) is 25.8. The summed E-state index contributed by atoms with van der Waals surface area (Å²) in [6.45, 7) is 2.48. The molecule has 1 heterocycles. The van der Waals surface area contributed by atoms with Crippen LogP contribution >= 0.6 is 7.82 Å².